The van der Waals surface area contributed by atoms with Crippen molar-refractivity contribution >= 4 is 17.4 Å². The third-order valence-electron chi connectivity index (χ3n) is 4.42. The van der Waals surface area contributed by atoms with E-state index in [1.54, 1.807) is 11.3 Å². The van der Waals surface area contributed by atoms with Gasteiger partial charge in [0.1, 0.15) is 0 Å². The van der Waals surface area contributed by atoms with Crippen molar-refractivity contribution in [3.8, 4) is 0 Å². The van der Waals surface area contributed by atoms with Crippen LogP contribution in [0.4, 0.5) is 4.79 Å². The lowest BCUT2D eigenvalue weighted by atomic mass is 9.84. The molecule has 1 heterocycles. The maximum absolute atomic E-state index is 12.1. The first-order chi connectivity index (χ1) is 11.4. The molecular weight excluding hydrogens is 318 g/mol. The fraction of sp³-hybridized carbons (Fsp3) is 0.474. The Balaban J connectivity index is 1.47. The predicted molar refractivity (Wildman–Crippen MR) is 98.5 cm³/mol. The average Bonchev–Trinajstić information content (AvgIpc) is 3.30. The van der Waals surface area contributed by atoms with Gasteiger partial charge < -0.3 is 10.6 Å². The number of nitrogens with zero attached hydrogens (tertiary/aromatic N) is 1. The largest absolute Gasteiger partial charge is 0.337 e. The monoisotopic (exact) mass is 343 g/mol. The maximum Gasteiger partial charge on any atom is 0.315 e. The van der Waals surface area contributed by atoms with E-state index in [2.05, 4.69) is 60.7 Å². The highest BCUT2D eigenvalue weighted by atomic mass is 32.1. The van der Waals surface area contributed by atoms with Crippen LogP contribution in [0.2, 0.25) is 0 Å². The zero-order valence-electron chi connectivity index (χ0n) is 14.6. The Bertz CT molecular complexity index is 719. The van der Waals surface area contributed by atoms with Gasteiger partial charge in [-0.1, -0.05) is 43.7 Å². The third-order valence-corrected chi connectivity index (χ3v) is 5.47. The molecule has 1 aliphatic rings. The van der Waals surface area contributed by atoms with Crippen molar-refractivity contribution in [1.82, 2.24) is 15.6 Å². The van der Waals surface area contributed by atoms with Gasteiger partial charge in [0.15, 0.2) is 0 Å². The molecule has 0 saturated heterocycles. The number of carbonyl (C=O) groups excluding carboxylic acids is 1. The number of benzene rings is 1. The highest BCUT2D eigenvalue weighted by Gasteiger charge is 2.26. The molecule has 24 heavy (non-hydrogen) atoms. The minimum Gasteiger partial charge on any atom is -0.337 e. The summed E-state index contributed by atoms with van der Waals surface area (Å²) in [6.45, 7) is 7.45. The second kappa shape index (κ2) is 6.93. The van der Waals surface area contributed by atoms with Crippen LogP contribution in [0.25, 0.3) is 0 Å². The van der Waals surface area contributed by atoms with Crippen LogP contribution in [-0.2, 0) is 12.0 Å². The second-order valence-corrected chi connectivity index (χ2v) is 8.13. The topological polar surface area (TPSA) is 54.0 Å². The number of hydrogen-bond donors (Lipinski definition) is 2. The van der Waals surface area contributed by atoms with Crippen LogP contribution >= 0.6 is 11.3 Å². The zero-order chi connectivity index (χ0) is 17.2. The summed E-state index contributed by atoms with van der Waals surface area (Å²) in [6, 6.07) is 8.29. The number of hydrogen-bond acceptors (Lipinski definition) is 3. The number of thiazole rings is 1. The molecule has 3 rings (SSSR count). The number of nitrogens with one attached hydrogen (secondary N) is 2. The Labute approximate surface area is 147 Å². The fourth-order valence-corrected chi connectivity index (χ4v) is 3.62. The molecule has 1 aliphatic carbocycles. The molecule has 1 saturated carbocycles. The number of rotatable bonds is 6. The highest BCUT2D eigenvalue weighted by molar-refractivity contribution is 7.09. The van der Waals surface area contributed by atoms with E-state index in [4.69, 9.17) is 0 Å². The van der Waals surface area contributed by atoms with Gasteiger partial charge in [-0.05, 0) is 25.3 Å². The van der Waals surface area contributed by atoms with Crippen LogP contribution < -0.4 is 10.6 Å². The normalized spacial score (nSPS) is 14.5. The minimum atomic E-state index is -0.142. The molecule has 2 aromatic rings. The van der Waals surface area contributed by atoms with Gasteiger partial charge in [0, 0.05) is 23.3 Å². The first-order valence-electron chi connectivity index (χ1n) is 8.47. The quantitative estimate of drug-likeness (QED) is 0.829. The van der Waals surface area contributed by atoms with Gasteiger partial charge in [0.2, 0.25) is 0 Å². The summed E-state index contributed by atoms with van der Waals surface area (Å²) in [5, 5.41) is 9.14. The Morgan fingerprint density at radius 3 is 2.83 bits per heavy atom. The van der Waals surface area contributed by atoms with E-state index >= 15 is 0 Å². The molecule has 1 fully saturated rings. The molecule has 0 bridgehead atoms. The molecule has 0 spiro atoms. The smallest absolute Gasteiger partial charge is 0.315 e. The van der Waals surface area contributed by atoms with Crippen LogP contribution in [0.15, 0.2) is 29.6 Å². The molecular formula is C19H25N3OS. The molecule has 128 valence electrons. The molecule has 2 N–H and O–H groups in total. The minimum absolute atomic E-state index is 0.108. The molecule has 0 unspecified atom stereocenters. The summed E-state index contributed by atoms with van der Waals surface area (Å²) in [4.78, 5) is 16.7. The number of aromatic nitrogens is 1. The van der Waals surface area contributed by atoms with Crippen molar-refractivity contribution in [3.05, 3.63) is 51.5 Å². The Morgan fingerprint density at radius 2 is 2.12 bits per heavy atom. The molecule has 0 radical (unpaired) electrons. The van der Waals surface area contributed by atoms with Crippen molar-refractivity contribution < 1.29 is 4.79 Å². The van der Waals surface area contributed by atoms with E-state index in [9.17, 15) is 4.79 Å². The van der Waals surface area contributed by atoms with Crippen molar-refractivity contribution in [2.24, 2.45) is 0 Å². The summed E-state index contributed by atoms with van der Waals surface area (Å²) < 4.78 is 0. The van der Waals surface area contributed by atoms with Crippen molar-refractivity contribution in [3.63, 3.8) is 0 Å². The second-order valence-electron chi connectivity index (χ2n) is 7.24. The third kappa shape index (κ3) is 4.35. The van der Waals surface area contributed by atoms with Crippen molar-refractivity contribution in [2.75, 3.05) is 6.54 Å². The summed E-state index contributed by atoms with van der Waals surface area (Å²) in [6.07, 6.45) is 2.52. The summed E-state index contributed by atoms with van der Waals surface area (Å²) >= 11 is 1.71. The van der Waals surface area contributed by atoms with Gasteiger partial charge in [0.25, 0.3) is 0 Å². The lowest BCUT2D eigenvalue weighted by Gasteiger charge is -2.26. The summed E-state index contributed by atoms with van der Waals surface area (Å²) in [5.74, 6) is 0.674. The van der Waals surface area contributed by atoms with E-state index in [1.165, 1.54) is 29.0 Å². The number of aryl methyl sites for hydroxylation is 1. The number of amides is 2. The van der Waals surface area contributed by atoms with E-state index in [1.807, 2.05) is 5.38 Å². The number of urea groups is 1. The van der Waals surface area contributed by atoms with Gasteiger partial charge in [-0.2, -0.15) is 0 Å². The van der Waals surface area contributed by atoms with Gasteiger partial charge in [0.05, 0.1) is 17.2 Å². The first-order valence-corrected chi connectivity index (χ1v) is 9.35. The maximum atomic E-state index is 12.1. The lowest BCUT2D eigenvalue weighted by molar-refractivity contribution is 0.238. The first kappa shape index (κ1) is 17.0. The predicted octanol–water partition coefficient (Wildman–Crippen LogP) is 4.11. The Kier molecular flexibility index (Phi) is 4.90. The summed E-state index contributed by atoms with van der Waals surface area (Å²) in [5.41, 5.74) is 3.31. The lowest BCUT2D eigenvalue weighted by Crippen LogP contribution is -2.42. The van der Waals surface area contributed by atoms with E-state index in [-0.39, 0.29) is 11.4 Å². The standard InChI is InChI=1S/C19H25N3OS/c1-13-5-4-6-15(9-13)19(2,3)12-21-18(23)20-10-16-11-24-17(22-16)14-7-8-14/h4-6,9,11,14H,7-8,10,12H2,1-3H3,(H2,20,21,23). The molecule has 2 amide bonds. The molecule has 1 aromatic heterocycles. The van der Waals surface area contributed by atoms with Crippen LogP contribution in [0.5, 0.6) is 0 Å². The van der Waals surface area contributed by atoms with Crippen molar-refractivity contribution in [2.45, 2.75) is 51.5 Å². The summed E-state index contributed by atoms with van der Waals surface area (Å²) in [7, 11) is 0. The SMILES string of the molecule is Cc1cccc(C(C)(C)CNC(=O)NCc2csc(C3CC3)n2)c1. The molecule has 5 heteroatoms. The molecule has 0 atom stereocenters. The van der Waals surface area contributed by atoms with Crippen LogP contribution in [0.3, 0.4) is 0 Å². The van der Waals surface area contributed by atoms with Gasteiger partial charge in [-0.15, -0.1) is 11.3 Å². The van der Waals surface area contributed by atoms with Gasteiger partial charge in [-0.25, -0.2) is 9.78 Å². The van der Waals surface area contributed by atoms with Gasteiger partial charge in [-0.3, -0.25) is 0 Å². The average molecular weight is 343 g/mol. The van der Waals surface area contributed by atoms with Crippen LogP contribution in [0.1, 0.15) is 54.4 Å². The van der Waals surface area contributed by atoms with Gasteiger partial charge >= 0.3 is 6.03 Å². The van der Waals surface area contributed by atoms with E-state index < -0.39 is 0 Å². The Morgan fingerprint density at radius 1 is 1.33 bits per heavy atom. The molecule has 4 nitrogen and oxygen atoms in total. The van der Waals surface area contributed by atoms with Crippen LogP contribution in [-0.4, -0.2) is 17.6 Å². The molecule has 1 aromatic carbocycles. The Hall–Kier alpha value is -1.88. The zero-order valence-corrected chi connectivity index (χ0v) is 15.4. The van der Waals surface area contributed by atoms with Crippen molar-refractivity contribution in [1.29, 1.82) is 0 Å². The van der Waals surface area contributed by atoms with E-state index in [0.29, 0.717) is 19.0 Å². The molecule has 0 aliphatic heterocycles. The van der Waals surface area contributed by atoms with Crippen LogP contribution in [0, 0.1) is 6.92 Å². The highest BCUT2D eigenvalue weighted by Crippen LogP contribution is 2.41. The number of carbonyl (C=O) groups is 1. The van der Waals surface area contributed by atoms with E-state index in [0.717, 1.165) is 5.69 Å². The fourth-order valence-electron chi connectivity index (χ4n) is 2.62.